The third-order valence-corrected chi connectivity index (χ3v) is 1.97. The Kier molecular flexibility index (Phi) is 3.28. The van der Waals surface area contributed by atoms with Gasteiger partial charge in [-0.2, -0.15) is 0 Å². The Morgan fingerprint density at radius 3 is 1.44 bits per heavy atom. The maximum absolute atomic E-state index is 11.2. The highest BCUT2D eigenvalue weighted by Gasteiger charge is 2.15. The summed E-state index contributed by atoms with van der Waals surface area (Å²) in [6, 6.07) is 2.50. The molecule has 0 aliphatic rings. The smallest absolute Gasteiger partial charge is 0.267 e. The van der Waals surface area contributed by atoms with E-state index >= 15 is 0 Å². The van der Waals surface area contributed by atoms with E-state index in [0.29, 0.717) is 0 Å². The van der Waals surface area contributed by atoms with E-state index in [-0.39, 0.29) is 22.5 Å². The monoisotopic (exact) mass is 224 g/mol. The van der Waals surface area contributed by atoms with E-state index in [0.717, 1.165) is 0 Å². The van der Waals surface area contributed by atoms with Crippen molar-refractivity contribution in [3.8, 4) is 0 Å². The molecule has 0 bridgehead atoms. The second-order valence-corrected chi connectivity index (χ2v) is 2.97. The first-order chi connectivity index (χ1) is 7.51. The maximum Gasteiger partial charge on any atom is 0.267 e. The summed E-state index contributed by atoms with van der Waals surface area (Å²) >= 11 is 0. The van der Waals surface area contributed by atoms with Crippen LogP contribution < -0.4 is 34.0 Å². The van der Waals surface area contributed by atoms with Crippen LogP contribution in [0, 0.1) is 0 Å². The van der Waals surface area contributed by atoms with Gasteiger partial charge in [0.1, 0.15) is 0 Å². The molecule has 10 N–H and O–H groups in total. The Bertz CT molecular complexity index is 403. The predicted molar refractivity (Wildman–Crippen MR) is 58.6 cm³/mol. The van der Waals surface area contributed by atoms with Gasteiger partial charge in [-0.25, -0.2) is 11.7 Å². The van der Waals surface area contributed by atoms with Crippen LogP contribution in [0.25, 0.3) is 0 Å². The molecule has 0 heterocycles. The second kappa shape index (κ2) is 4.47. The maximum atomic E-state index is 11.2. The summed E-state index contributed by atoms with van der Waals surface area (Å²) in [5, 5.41) is 0. The molecule has 1 aromatic rings. The standard InChI is InChI=1S/C8H12N6O2/c9-5-1-3(7(15)13-11)6(10)2-4(5)8(16)14-12/h1-2H,9-12H2,(H,13,15)(H,14,16). The first kappa shape index (κ1) is 11.8. The fraction of sp³-hybridized carbons (Fsp3) is 0. The molecule has 0 spiro atoms. The largest absolute Gasteiger partial charge is 0.398 e. The highest BCUT2D eigenvalue weighted by atomic mass is 16.2. The Balaban J connectivity index is 3.27. The van der Waals surface area contributed by atoms with Crippen LogP contribution >= 0.6 is 0 Å². The van der Waals surface area contributed by atoms with Crippen LogP contribution in [0.2, 0.25) is 0 Å². The number of nitrogens with one attached hydrogen (secondary N) is 2. The Labute approximate surface area is 90.9 Å². The normalized spacial score (nSPS) is 9.62. The molecule has 0 aliphatic carbocycles. The number of rotatable bonds is 2. The molecule has 0 aromatic heterocycles. The highest BCUT2D eigenvalue weighted by molar-refractivity contribution is 6.05. The van der Waals surface area contributed by atoms with Gasteiger partial charge in [-0.05, 0) is 12.1 Å². The van der Waals surface area contributed by atoms with Crippen molar-refractivity contribution in [2.24, 2.45) is 11.7 Å². The SMILES string of the molecule is NNC(=O)c1cc(N)c(C(=O)NN)cc1N. The quantitative estimate of drug-likeness (QED) is 0.148. The van der Waals surface area contributed by atoms with Crippen molar-refractivity contribution in [2.75, 3.05) is 11.5 Å². The number of carbonyl (C=O) groups is 2. The van der Waals surface area contributed by atoms with Gasteiger partial charge in [0.05, 0.1) is 11.1 Å². The summed E-state index contributed by atoms with van der Waals surface area (Å²) in [4.78, 5) is 22.5. The minimum Gasteiger partial charge on any atom is -0.398 e. The first-order valence-electron chi connectivity index (χ1n) is 4.22. The molecule has 0 saturated heterocycles. The van der Waals surface area contributed by atoms with E-state index in [4.69, 9.17) is 23.2 Å². The summed E-state index contributed by atoms with van der Waals surface area (Å²) in [6.45, 7) is 0. The van der Waals surface area contributed by atoms with Crippen molar-refractivity contribution in [3.63, 3.8) is 0 Å². The molecule has 0 saturated carbocycles. The lowest BCUT2D eigenvalue weighted by molar-refractivity contribution is 0.0943. The van der Waals surface area contributed by atoms with E-state index < -0.39 is 11.8 Å². The number of hydrazine groups is 2. The summed E-state index contributed by atoms with van der Waals surface area (Å²) < 4.78 is 0. The van der Waals surface area contributed by atoms with Gasteiger partial charge < -0.3 is 11.5 Å². The van der Waals surface area contributed by atoms with Crippen LogP contribution in [-0.4, -0.2) is 11.8 Å². The van der Waals surface area contributed by atoms with Gasteiger partial charge in [0.15, 0.2) is 0 Å². The van der Waals surface area contributed by atoms with Crippen molar-refractivity contribution in [3.05, 3.63) is 23.3 Å². The zero-order valence-corrected chi connectivity index (χ0v) is 8.28. The van der Waals surface area contributed by atoms with E-state index in [1.54, 1.807) is 0 Å². The Morgan fingerprint density at radius 2 is 1.19 bits per heavy atom. The van der Waals surface area contributed by atoms with Gasteiger partial charge in [0.2, 0.25) is 0 Å². The molecule has 0 radical (unpaired) electrons. The van der Waals surface area contributed by atoms with Crippen LogP contribution in [0.1, 0.15) is 20.7 Å². The summed E-state index contributed by atoms with van der Waals surface area (Å²) in [5.74, 6) is 8.72. The molecular weight excluding hydrogens is 212 g/mol. The molecule has 0 fully saturated rings. The van der Waals surface area contributed by atoms with E-state index in [2.05, 4.69) is 0 Å². The minimum absolute atomic E-state index is 0.0794. The summed E-state index contributed by atoms with van der Waals surface area (Å²) in [5.41, 5.74) is 15.3. The zero-order valence-electron chi connectivity index (χ0n) is 8.28. The molecule has 2 amide bonds. The van der Waals surface area contributed by atoms with Crippen LogP contribution in [0.4, 0.5) is 11.4 Å². The fourth-order valence-electron chi connectivity index (χ4n) is 1.18. The molecule has 0 aliphatic heterocycles. The number of benzene rings is 1. The number of anilines is 2. The van der Waals surface area contributed by atoms with Crippen LogP contribution in [0.15, 0.2) is 12.1 Å². The first-order valence-corrected chi connectivity index (χ1v) is 4.22. The van der Waals surface area contributed by atoms with Gasteiger partial charge in [0.25, 0.3) is 11.8 Å². The lowest BCUT2D eigenvalue weighted by Crippen LogP contribution is -2.32. The molecule has 1 rings (SSSR count). The van der Waals surface area contributed by atoms with E-state index in [1.807, 2.05) is 10.9 Å². The minimum atomic E-state index is -0.594. The van der Waals surface area contributed by atoms with Crippen molar-refractivity contribution in [2.45, 2.75) is 0 Å². The van der Waals surface area contributed by atoms with Crippen LogP contribution in [0.5, 0.6) is 0 Å². The van der Waals surface area contributed by atoms with E-state index in [1.165, 1.54) is 12.1 Å². The lowest BCUT2D eigenvalue weighted by Gasteiger charge is -2.09. The number of carbonyl (C=O) groups excluding carboxylic acids is 2. The third-order valence-electron chi connectivity index (χ3n) is 1.97. The third kappa shape index (κ3) is 2.02. The van der Waals surface area contributed by atoms with Crippen molar-refractivity contribution in [1.82, 2.24) is 10.9 Å². The average molecular weight is 224 g/mol. The average Bonchev–Trinajstić information content (AvgIpc) is 2.29. The Morgan fingerprint density at radius 1 is 0.875 bits per heavy atom. The number of hydrogen-bond donors (Lipinski definition) is 6. The molecule has 0 atom stereocenters. The second-order valence-electron chi connectivity index (χ2n) is 2.97. The summed E-state index contributed by atoms with van der Waals surface area (Å²) in [6.07, 6.45) is 0. The molecule has 8 nitrogen and oxygen atoms in total. The predicted octanol–water partition coefficient (Wildman–Crippen LogP) is -1.94. The van der Waals surface area contributed by atoms with Gasteiger partial charge in [-0.1, -0.05) is 0 Å². The number of amides is 2. The van der Waals surface area contributed by atoms with Crippen molar-refractivity contribution in [1.29, 1.82) is 0 Å². The number of nitrogens with two attached hydrogens (primary N) is 4. The lowest BCUT2D eigenvalue weighted by atomic mass is 10.1. The highest BCUT2D eigenvalue weighted by Crippen LogP contribution is 2.20. The van der Waals surface area contributed by atoms with Gasteiger partial charge in [-0.15, -0.1) is 0 Å². The molecule has 0 unspecified atom stereocenters. The molecular formula is C8H12N6O2. The number of nitrogen functional groups attached to an aromatic ring is 4. The van der Waals surface area contributed by atoms with E-state index in [9.17, 15) is 9.59 Å². The molecule has 86 valence electrons. The number of hydrogen-bond acceptors (Lipinski definition) is 6. The van der Waals surface area contributed by atoms with Gasteiger partial charge in [0, 0.05) is 11.4 Å². The van der Waals surface area contributed by atoms with Gasteiger partial charge >= 0.3 is 0 Å². The van der Waals surface area contributed by atoms with Crippen molar-refractivity contribution >= 4 is 23.2 Å². The van der Waals surface area contributed by atoms with Crippen molar-refractivity contribution < 1.29 is 9.59 Å². The van der Waals surface area contributed by atoms with Crippen LogP contribution in [-0.2, 0) is 0 Å². The molecule has 1 aromatic carbocycles. The van der Waals surface area contributed by atoms with Gasteiger partial charge in [-0.3, -0.25) is 20.4 Å². The molecule has 8 heteroatoms. The Hall–Kier alpha value is -2.32. The zero-order chi connectivity index (χ0) is 12.3. The molecule has 16 heavy (non-hydrogen) atoms. The van der Waals surface area contributed by atoms with Crippen LogP contribution in [0.3, 0.4) is 0 Å². The topological polar surface area (TPSA) is 162 Å². The fourth-order valence-corrected chi connectivity index (χ4v) is 1.18. The summed E-state index contributed by atoms with van der Waals surface area (Å²) in [7, 11) is 0.